The molecule has 116 valence electrons. The molecule has 1 atom stereocenters. The van der Waals surface area contributed by atoms with Crippen molar-refractivity contribution in [1.29, 1.82) is 0 Å². The number of carbonyl (C=O) groups is 1. The van der Waals surface area contributed by atoms with Gasteiger partial charge in [-0.05, 0) is 32.6 Å². The van der Waals surface area contributed by atoms with Crippen molar-refractivity contribution in [2.45, 2.75) is 25.8 Å². The number of nitrogens with zero attached hydrogens (tertiary/aromatic N) is 2. The van der Waals surface area contributed by atoms with Gasteiger partial charge in [0, 0.05) is 32.1 Å². The lowest BCUT2D eigenvalue weighted by molar-refractivity contribution is 0.0807. The maximum absolute atomic E-state index is 12.6. The SMILES string of the molecule is CCCOc1ccccc1C(=O)CC1CN(C)CCN1C. The average Bonchev–Trinajstić information content (AvgIpc) is 2.49. The molecule has 0 saturated carbocycles. The molecule has 4 heteroatoms. The molecule has 1 fully saturated rings. The highest BCUT2D eigenvalue weighted by atomic mass is 16.5. The van der Waals surface area contributed by atoms with Crippen LogP contribution in [0.15, 0.2) is 24.3 Å². The van der Waals surface area contributed by atoms with Gasteiger partial charge in [-0.15, -0.1) is 0 Å². The molecule has 1 aliphatic rings. The van der Waals surface area contributed by atoms with E-state index < -0.39 is 0 Å². The Balaban J connectivity index is 2.05. The molecule has 1 heterocycles. The van der Waals surface area contributed by atoms with Crippen molar-refractivity contribution in [3.05, 3.63) is 29.8 Å². The summed E-state index contributed by atoms with van der Waals surface area (Å²) in [6.07, 6.45) is 1.49. The van der Waals surface area contributed by atoms with Crippen LogP contribution in [0, 0.1) is 0 Å². The Morgan fingerprint density at radius 2 is 2.05 bits per heavy atom. The first-order valence-corrected chi connectivity index (χ1v) is 7.75. The smallest absolute Gasteiger partial charge is 0.168 e. The quantitative estimate of drug-likeness (QED) is 0.753. The second-order valence-corrected chi connectivity index (χ2v) is 5.87. The number of piperazine rings is 1. The van der Waals surface area contributed by atoms with Crippen LogP contribution in [0.4, 0.5) is 0 Å². The molecular weight excluding hydrogens is 264 g/mol. The Kier molecular flexibility index (Phi) is 5.76. The van der Waals surface area contributed by atoms with Gasteiger partial charge in [0.1, 0.15) is 5.75 Å². The first-order valence-electron chi connectivity index (χ1n) is 7.75. The summed E-state index contributed by atoms with van der Waals surface area (Å²) >= 11 is 0. The summed E-state index contributed by atoms with van der Waals surface area (Å²) < 4.78 is 5.70. The highest BCUT2D eigenvalue weighted by Crippen LogP contribution is 2.22. The van der Waals surface area contributed by atoms with Crippen molar-refractivity contribution in [3.63, 3.8) is 0 Å². The van der Waals surface area contributed by atoms with Crippen molar-refractivity contribution < 1.29 is 9.53 Å². The number of likely N-dealkylation sites (N-methyl/N-ethyl adjacent to an activating group) is 2. The molecule has 0 bridgehead atoms. The first kappa shape index (κ1) is 16.0. The Bertz CT molecular complexity index is 476. The topological polar surface area (TPSA) is 32.8 Å². The molecule has 4 nitrogen and oxygen atoms in total. The molecule has 0 aromatic heterocycles. The molecule has 0 amide bonds. The Labute approximate surface area is 127 Å². The minimum absolute atomic E-state index is 0.175. The molecule has 1 aliphatic heterocycles. The minimum atomic E-state index is 0.175. The molecule has 0 N–H and O–H groups in total. The van der Waals surface area contributed by atoms with Crippen molar-refractivity contribution in [2.75, 3.05) is 40.3 Å². The summed E-state index contributed by atoms with van der Waals surface area (Å²) in [6.45, 7) is 5.74. The van der Waals surface area contributed by atoms with E-state index in [-0.39, 0.29) is 11.8 Å². The number of Topliss-reactive ketones (excluding diaryl/α,β-unsaturated/α-hetero) is 1. The fourth-order valence-electron chi connectivity index (χ4n) is 2.68. The van der Waals surface area contributed by atoms with Crippen LogP contribution in [0.3, 0.4) is 0 Å². The van der Waals surface area contributed by atoms with Gasteiger partial charge in [0.2, 0.25) is 0 Å². The second kappa shape index (κ2) is 7.57. The fourth-order valence-corrected chi connectivity index (χ4v) is 2.68. The van der Waals surface area contributed by atoms with Gasteiger partial charge < -0.3 is 14.5 Å². The lowest BCUT2D eigenvalue weighted by atomic mass is 10.0. The molecule has 1 unspecified atom stereocenters. The van der Waals surface area contributed by atoms with Crippen LogP contribution in [0.25, 0.3) is 0 Å². The predicted octanol–water partition coefficient (Wildman–Crippen LogP) is 2.29. The van der Waals surface area contributed by atoms with Crippen LogP contribution in [0.2, 0.25) is 0 Å². The van der Waals surface area contributed by atoms with E-state index in [0.717, 1.165) is 31.8 Å². The summed E-state index contributed by atoms with van der Waals surface area (Å²) in [5, 5.41) is 0. The maximum Gasteiger partial charge on any atom is 0.168 e. The largest absolute Gasteiger partial charge is 0.493 e. The maximum atomic E-state index is 12.6. The van der Waals surface area contributed by atoms with Crippen LogP contribution in [0.5, 0.6) is 5.75 Å². The van der Waals surface area contributed by atoms with Crippen LogP contribution >= 0.6 is 0 Å². The van der Waals surface area contributed by atoms with Crippen LogP contribution in [-0.4, -0.2) is 62.0 Å². The van der Waals surface area contributed by atoms with E-state index in [2.05, 4.69) is 30.8 Å². The molecule has 21 heavy (non-hydrogen) atoms. The van der Waals surface area contributed by atoms with Gasteiger partial charge in [0.25, 0.3) is 0 Å². The van der Waals surface area contributed by atoms with Crippen molar-refractivity contribution in [3.8, 4) is 5.75 Å². The lowest BCUT2D eigenvalue weighted by Crippen LogP contribution is -2.50. The lowest BCUT2D eigenvalue weighted by Gasteiger charge is -2.37. The van der Waals surface area contributed by atoms with E-state index in [1.54, 1.807) is 0 Å². The molecule has 1 aromatic carbocycles. The summed E-state index contributed by atoms with van der Waals surface area (Å²) in [7, 11) is 4.22. The highest BCUT2D eigenvalue weighted by Gasteiger charge is 2.25. The third-order valence-corrected chi connectivity index (χ3v) is 4.05. The Hall–Kier alpha value is -1.39. The summed E-state index contributed by atoms with van der Waals surface area (Å²) in [5.41, 5.74) is 0.715. The molecule has 1 saturated heterocycles. The third-order valence-electron chi connectivity index (χ3n) is 4.05. The van der Waals surface area contributed by atoms with Gasteiger partial charge in [0.15, 0.2) is 5.78 Å². The van der Waals surface area contributed by atoms with Gasteiger partial charge in [-0.1, -0.05) is 19.1 Å². The van der Waals surface area contributed by atoms with Gasteiger partial charge in [-0.25, -0.2) is 0 Å². The molecular formula is C17H26N2O2. The van der Waals surface area contributed by atoms with Crippen molar-refractivity contribution in [1.82, 2.24) is 9.80 Å². The van der Waals surface area contributed by atoms with E-state index in [1.807, 2.05) is 24.3 Å². The second-order valence-electron chi connectivity index (χ2n) is 5.87. The predicted molar refractivity (Wildman–Crippen MR) is 85.1 cm³/mol. The zero-order valence-corrected chi connectivity index (χ0v) is 13.3. The van der Waals surface area contributed by atoms with Gasteiger partial charge in [-0.2, -0.15) is 0 Å². The van der Waals surface area contributed by atoms with Gasteiger partial charge >= 0.3 is 0 Å². The Morgan fingerprint density at radius 3 is 2.81 bits per heavy atom. The first-order chi connectivity index (χ1) is 10.1. The number of ether oxygens (including phenoxy) is 1. The van der Waals surface area contributed by atoms with Crippen LogP contribution in [-0.2, 0) is 0 Å². The van der Waals surface area contributed by atoms with Gasteiger partial charge in [0.05, 0.1) is 12.2 Å². The summed E-state index contributed by atoms with van der Waals surface area (Å²) in [5.74, 6) is 0.894. The summed E-state index contributed by atoms with van der Waals surface area (Å²) in [4.78, 5) is 17.2. The molecule has 1 aromatic rings. The van der Waals surface area contributed by atoms with E-state index in [9.17, 15) is 4.79 Å². The van der Waals surface area contributed by atoms with E-state index >= 15 is 0 Å². The van der Waals surface area contributed by atoms with Crippen molar-refractivity contribution in [2.24, 2.45) is 0 Å². The number of carbonyl (C=O) groups excluding carboxylic acids is 1. The normalized spacial score (nSPS) is 20.4. The number of rotatable bonds is 6. The Morgan fingerprint density at radius 1 is 1.29 bits per heavy atom. The van der Waals surface area contributed by atoms with Crippen LogP contribution < -0.4 is 4.74 Å². The zero-order chi connectivity index (χ0) is 15.2. The number of hydrogen-bond acceptors (Lipinski definition) is 4. The number of benzene rings is 1. The third kappa shape index (κ3) is 4.29. The van der Waals surface area contributed by atoms with E-state index in [1.165, 1.54) is 0 Å². The number of ketones is 1. The molecule has 2 rings (SSSR count). The monoisotopic (exact) mass is 290 g/mol. The highest BCUT2D eigenvalue weighted by molar-refractivity contribution is 5.99. The van der Waals surface area contributed by atoms with Crippen molar-refractivity contribution >= 4 is 5.78 Å². The molecule has 0 spiro atoms. The summed E-state index contributed by atoms with van der Waals surface area (Å²) in [6, 6.07) is 7.88. The molecule has 0 aliphatic carbocycles. The number of para-hydroxylation sites is 1. The van der Waals surface area contributed by atoms with E-state index in [4.69, 9.17) is 4.74 Å². The van der Waals surface area contributed by atoms with Crippen LogP contribution in [0.1, 0.15) is 30.1 Å². The standard InChI is InChI=1S/C17H26N2O2/c1-4-11-21-17-8-6-5-7-15(17)16(20)12-14-13-18(2)9-10-19(14)3/h5-8,14H,4,9-13H2,1-3H3. The van der Waals surface area contributed by atoms with Gasteiger partial charge in [-0.3, -0.25) is 4.79 Å². The fraction of sp³-hybridized carbons (Fsp3) is 0.588. The number of hydrogen-bond donors (Lipinski definition) is 0. The molecule has 0 radical (unpaired) electrons. The zero-order valence-electron chi connectivity index (χ0n) is 13.3. The minimum Gasteiger partial charge on any atom is -0.493 e. The van der Waals surface area contributed by atoms with E-state index in [0.29, 0.717) is 18.6 Å². The average molecular weight is 290 g/mol.